The molecule has 0 aromatic carbocycles. The van der Waals surface area contributed by atoms with Crippen molar-refractivity contribution in [3.05, 3.63) is 16.1 Å². The molecule has 1 heterocycles. The second-order valence-electron chi connectivity index (χ2n) is 4.84. The molecule has 6 heteroatoms. The largest absolute Gasteiger partial charge is 0.480 e. The molecule has 0 aliphatic rings. The molecule has 2 N–H and O–H groups in total. The van der Waals surface area contributed by atoms with E-state index in [4.69, 9.17) is 5.11 Å². The minimum absolute atomic E-state index is 0.123. The molecule has 0 fully saturated rings. The van der Waals surface area contributed by atoms with Gasteiger partial charge in [-0.05, 0) is 25.7 Å². The van der Waals surface area contributed by atoms with Crippen molar-refractivity contribution in [3.63, 3.8) is 0 Å². The van der Waals surface area contributed by atoms with Crippen LogP contribution in [0, 0.1) is 12.8 Å². The van der Waals surface area contributed by atoms with E-state index in [1.54, 1.807) is 25.2 Å². The Morgan fingerprint density at radius 3 is 2.63 bits per heavy atom. The smallest absolute Gasteiger partial charge is 0.326 e. The summed E-state index contributed by atoms with van der Waals surface area (Å²) in [6.45, 7) is 5.50. The van der Waals surface area contributed by atoms with Gasteiger partial charge in [0.25, 0.3) is 0 Å². The number of carbonyl (C=O) groups excluding carboxylic acids is 1. The van der Waals surface area contributed by atoms with Crippen LogP contribution in [0.4, 0.5) is 0 Å². The predicted molar refractivity (Wildman–Crippen MR) is 74.2 cm³/mol. The summed E-state index contributed by atoms with van der Waals surface area (Å²) in [5.41, 5.74) is 0.994. The zero-order chi connectivity index (χ0) is 14.4. The van der Waals surface area contributed by atoms with E-state index >= 15 is 0 Å². The Hall–Kier alpha value is -1.43. The third kappa shape index (κ3) is 5.38. The molecule has 19 heavy (non-hydrogen) atoms. The lowest BCUT2D eigenvalue weighted by Crippen LogP contribution is -2.44. The van der Waals surface area contributed by atoms with Crippen LogP contribution in [0.3, 0.4) is 0 Å². The zero-order valence-electron chi connectivity index (χ0n) is 11.5. The molecule has 0 saturated carbocycles. The Bertz CT molecular complexity index is 443. The number of nitrogens with one attached hydrogen (secondary N) is 1. The highest BCUT2D eigenvalue weighted by Gasteiger charge is 2.22. The maximum Gasteiger partial charge on any atom is 0.326 e. The number of carboxylic acid groups (broad SMARTS) is 1. The average molecular weight is 284 g/mol. The van der Waals surface area contributed by atoms with Crippen LogP contribution in [-0.4, -0.2) is 28.0 Å². The summed E-state index contributed by atoms with van der Waals surface area (Å²) in [6.07, 6.45) is 1.75. The van der Waals surface area contributed by atoms with Crippen LogP contribution in [-0.2, 0) is 16.0 Å². The van der Waals surface area contributed by atoms with Crippen LogP contribution < -0.4 is 5.32 Å². The topological polar surface area (TPSA) is 79.3 Å². The van der Waals surface area contributed by atoms with Crippen molar-refractivity contribution in [2.75, 3.05) is 0 Å². The molecule has 0 unspecified atom stereocenters. The number of aryl methyl sites for hydroxylation is 2. The fourth-order valence-electron chi connectivity index (χ4n) is 1.71. The number of amides is 1. The summed E-state index contributed by atoms with van der Waals surface area (Å²) in [7, 11) is 0. The van der Waals surface area contributed by atoms with E-state index < -0.39 is 12.0 Å². The van der Waals surface area contributed by atoms with Gasteiger partial charge in [-0.3, -0.25) is 4.79 Å². The molecular weight excluding hydrogens is 264 g/mol. The van der Waals surface area contributed by atoms with E-state index in [1.807, 2.05) is 12.3 Å². The van der Waals surface area contributed by atoms with Crippen LogP contribution in [0.2, 0.25) is 0 Å². The number of carboxylic acids is 1. The van der Waals surface area contributed by atoms with Crippen LogP contribution in [0.1, 0.15) is 37.4 Å². The minimum atomic E-state index is -0.988. The Balaban J connectivity index is 2.33. The van der Waals surface area contributed by atoms with Gasteiger partial charge < -0.3 is 10.4 Å². The Morgan fingerprint density at radius 1 is 1.47 bits per heavy atom. The van der Waals surface area contributed by atoms with Gasteiger partial charge in [0.1, 0.15) is 6.04 Å². The molecule has 0 aliphatic heterocycles. The lowest BCUT2D eigenvalue weighted by atomic mass is 10.0. The normalized spacial score (nSPS) is 12.4. The monoisotopic (exact) mass is 284 g/mol. The van der Waals surface area contributed by atoms with Crippen LogP contribution in [0.25, 0.3) is 0 Å². The molecular formula is C13H20N2O3S. The van der Waals surface area contributed by atoms with E-state index in [9.17, 15) is 9.59 Å². The average Bonchev–Trinajstić information content (AvgIpc) is 2.71. The molecule has 0 aliphatic carbocycles. The quantitative estimate of drug-likeness (QED) is 0.802. The van der Waals surface area contributed by atoms with E-state index in [0.717, 1.165) is 17.1 Å². The maximum atomic E-state index is 11.7. The van der Waals surface area contributed by atoms with Gasteiger partial charge >= 0.3 is 5.97 Å². The Morgan fingerprint density at radius 2 is 2.16 bits per heavy atom. The molecule has 0 saturated heterocycles. The van der Waals surface area contributed by atoms with Crippen LogP contribution in [0.15, 0.2) is 5.38 Å². The number of hydrogen-bond acceptors (Lipinski definition) is 4. The van der Waals surface area contributed by atoms with E-state index in [0.29, 0.717) is 12.8 Å². The lowest BCUT2D eigenvalue weighted by Gasteiger charge is -2.17. The first-order chi connectivity index (χ1) is 8.90. The first kappa shape index (κ1) is 15.6. The van der Waals surface area contributed by atoms with Gasteiger partial charge in [-0.1, -0.05) is 13.8 Å². The van der Waals surface area contributed by atoms with Crippen LogP contribution in [0.5, 0.6) is 0 Å². The summed E-state index contributed by atoms with van der Waals surface area (Å²) in [4.78, 5) is 26.9. The summed E-state index contributed by atoms with van der Waals surface area (Å²) in [6, 6.07) is -0.811. The fourth-order valence-corrected chi connectivity index (χ4v) is 2.36. The van der Waals surface area contributed by atoms with Gasteiger partial charge in [-0.2, -0.15) is 0 Å². The molecule has 1 rings (SSSR count). The molecule has 0 spiro atoms. The lowest BCUT2D eigenvalue weighted by molar-refractivity contribution is -0.143. The Labute approximate surface area is 117 Å². The highest BCUT2D eigenvalue weighted by atomic mass is 32.1. The van der Waals surface area contributed by atoms with Gasteiger partial charge in [-0.15, -0.1) is 11.3 Å². The second-order valence-corrected chi connectivity index (χ2v) is 5.90. The van der Waals surface area contributed by atoms with Gasteiger partial charge in [0.2, 0.25) is 5.91 Å². The van der Waals surface area contributed by atoms with Gasteiger partial charge in [0.05, 0.1) is 10.7 Å². The third-order valence-electron chi connectivity index (χ3n) is 2.75. The minimum Gasteiger partial charge on any atom is -0.480 e. The molecule has 0 bridgehead atoms. The SMILES string of the molecule is Cc1nc(CCCC(=O)N[C@H](C(=O)O)C(C)C)cs1. The van der Waals surface area contributed by atoms with Crippen molar-refractivity contribution in [1.82, 2.24) is 10.3 Å². The second kappa shape index (κ2) is 7.23. The van der Waals surface area contributed by atoms with Crippen molar-refractivity contribution in [1.29, 1.82) is 0 Å². The van der Waals surface area contributed by atoms with Gasteiger partial charge in [0, 0.05) is 11.8 Å². The number of nitrogens with zero attached hydrogens (tertiary/aromatic N) is 1. The number of hydrogen-bond donors (Lipinski definition) is 2. The summed E-state index contributed by atoms with van der Waals surface area (Å²) in [5, 5.41) is 14.5. The molecule has 1 aromatic heterocycles. The molecule has 1 amide bonds. The number of thiazole rings is 1. The van der Waals surface area contributed by atoms with Crippen molar-refractivity contribution in [2.45, 2.75) is 46.1 Å². The highest BCUT2D eigenvalue weighted by Crippen LogP contribution is 2.11. The van der Waals surface area contributed by atoms with Crippen molar-refractivity contribution >= 4 is 23.2 Å². The summed E-state index contributed by atoms with van der Waals surface area (Å²) < 4.78 is 0. The standard InChI is InChI=1S/C13H20N2O3S/c1-8(2)12(13(17)18)15-11(16)6-4-5-10-7-19-9(3)14-10/h7-8,12H,4-6H2,1-3H3,(H,15,16)(H,17,18)/t12-/m0/s1. The van der Waals surface area contributed by atoms with E-state index in [-0.39, 0.29) is 11.8 Å². The van der Waals surface area contributed by atoms with Crippen molar-refractivity contribution < 1.29 is 14.7 Å². The number of aromatic nitrogens is 1. The molecule has 5 nitrogen and oxygen atoms in total. The van der Waals surface area contributed by atoms with Gasteiger partial charge in [-0.25, -0.2) is 9.78 Å². The van der Waals surface area contributed by atoms with Crippen LogP contribution >= 0.6 is 11.3 Å². The van der Waals surface area contributed by atoms with E-state index in [2.05, 4.69) is 10.3 Å². The predicted octanol–water partition coefficient (Wildman–Crippen LogP) is 2.00. The molecule has 106 valence electrons. The Kier molecular flexibility index (Phi) is 5.95. The summed E-state index contributed by atoms with van der Waals surface area (Å²) >= 11 is 1.59. The first-order valence-electron chi connectivity index (χ1n) is 6.33. The number of carbonyl (C=O) groups is 2. The molecule has 0 radical (unpaired) electrons. The zero-order valence-corrected chi connectivity index (χ0v) is 12.3. The van der Waals surface area contributed by atoms with E-state index in [1.165, 1.54) is 0 Å². The maximum absolute atomic E-state index is 11.7. The van der Waals surface area contributed by atoms with Crippen molar-refractivity contribution in [3.8, 4) is 0 Å². The first-order valence-corrected chi connectivity index (χ1v) is 7.21. The molecule has 1 aromatic rings. The summed E-state index contributed by atoms with van der Waals surface area (Å²) in [5.74, 6) is -1.32. The fraction of sp³-hybridized carbons (Fsp3) is 0.615. The highest BCUT2D eigenvalue weighted by molar-refractivity contribution is 7.09. The van der Waals surface area contributed by atoms with Gasteiger partial charge in [0.15, 0.2) is 0 Å². The molecule has 1 atom stereocenters. The third-order valence-corrected chi connectivity index (χ3v) is 3.57. The van der Waals surface area contributed by atoms with Crippen molar-refractivity contribution in [2.24, 2.45) is 5.92 Å². The number of rotatable bonds is 7. The number of aliphatic carboxylic acids is 1.